The van der Waals surface area contributed by atoms with Gasteiger partial charge in [0.25, 0.3) is 5.91 Å². The van der Waals surface area contributed by atoms with Crippen molar-refractivity contribution in [3.8, 4) is 5.75 Å². The molecule has 1 aliphatic heterocycles. The number of nitrogens with zero attached hydrogens (tertiary/aromatic N) is 5. The number of aromatic nitrogens is 3. The molecule has 3 heterocycles. The first-order chi connectivity index (χ1) is 14.2. The highest BCUT2D eigenvalue weighted by atomic mass is 35.5. The fraction of sp³-hybridized carbons (Fsp3) is 0.450. The minimum absolute atomic E-state index is 0. The van der Waals surface area contributed by atoms with Gasteiger partial charge >= 0.3 is 0 Å². The van der Waals surface area contributed by atoms with Crippen LogP contribution in [0.15, 0.2) is 30.5 Å². The Hall–Kier alpha value is -2.20. The molecule has 1 fully saturated rings. The number of anilines is 1. The molecule has 0 atom stereocenters. The summed E-state index contributed by atoms with van der Waals surface area (Å²) >= 11 is 1.49. The number of hydrogen-bond donors (Lipinski definition) is 0. The van der Waals surface area contributed by atoms with Crippen LogP contribution in [0.3, 0.4) is 0 Å². The van der Waals surface area contributed by atoms with Gasteiger partial charge in [-0.25, -0.2) is 4.98 Å². The summed E-state index contributed by atoms with van der Waals surface area (Å²) in [5, 5.41) is 5.08. The molecule has 2 aromatic heterocycles. The molecule has 30 heavy (non-hydrogen) atoms. The number of rotatable bonds is 7. The van der Waals surface area contributed by atoms with Crippen molar-refractivity contribution in [2.24, 2.45) is 0 Å². The summed E-state index contributed by atoms with van der Waals surface area (Å²) in [5.74, 6) is 0.650. The van der Waals surface area contributed by atoms with Crippen LogP contribution in [0.5, 0.6) is 5.75 Å². The number of fused-ring (bicyclic) bond motifs is 1. The predicted octanol–water partition coefficient (Wildman–Crippen LogP) is 2.92. The average molecular weight is 452 g/mol. The van der Waals surface area contributed by atoms with E-state index in [1.165, 1.54) is 11.3 Å². The summed E-state index contributed by atoms with van der Waals surface area (Å²) in [6.07, 6.45) is 1.83. The topological polar surface area (TPSA) is 72.7 Å². The number of morpholine rings is 1. The molecule has 1 amide bonds. The second-order valence-electron chi connectivity index (χ2n) is 6.80. The lowest BCUT2D eigenvalue weighted by Gasteiger charge is -2.29. The van der Waals surface area contributed by atoms with E-state index in [1.54, 1.807) is 22.8 Å². The smallest absolute Gasteiger partial charge is 0.280 e. The van der Waals surface area contributed by atoms with Crippen LogP contribution in [-0.2, 0) is 11.3 Å². The monoisotopic (exact) mass is 451 g/mol. The highest BCUT2D eigenvalue weighted by Crippen LogP contribution is 2.32. The van der Waals surface area contributed by atoms with Crippen LogP contribution in [0.25, 0.3) is 10.2 Å². The Morgan fingerprint density at radius 2 is 2.10 bits per heavy atom. The van der Waals surface area contributed by atoms with Gasteiger partial charge in [-0.15, -0.1) is 12.4 Å². The van der Waals surface area contributed by atoms with Gasteiger partial charge in [0.15, 0.2) is 10.8 Å². The molecule has 0 N–H and O–H groups in total. The number of hydrogen-bond acceptors (Lipinski definition) is 7. The van der Waals surface area contributed by atoms with Crippen LogP contribution in [0, 0.1) is 0 Å². The van der Waals surface area contributed by atoms with Gasteiger partial charge in [-0.3, -0.25) is 19.3 Å². The summed E-state index contributed by atoms with van der Waals surface area (Å²) in [7, 11) is 1.64. The third kappa shape index (κ3) is 4.92. The SMILES string of the molecule is CCn1ccc(C(=O)N(CCN2CCOCC2)c2nc3ccc(OC)cc3s2)n1.Cl. The van der Waals surface area contributed by atoms with Crippen molar-refractivity contribution in [2.45, 2.75) is 13.5 Å². The zero-order chi connectivity index (χ0) is 20.2. The second-order valence-corrected chi connectivity index (χ2v) is 7.81. The Morgan fingerprint density at radius 1 is 1.30 bits per heavy atom. The largest absolute Gasteiger partial charge is 0.497 e. The Labute approximate surface area is 185 Å². The quantitative estimate of drug-likeness (QED) is 0.550. The van der Waals surface area contributed by atoms with E-state index in [1.807, 2.05) is 31.3 Å². The number of carbonyl (C=O) groups is 1. The number of thiazole rings is 1. The van der Waals surface area contributed by atoms with E-state index in [2.05, 4.69) is 10.00 Å². The van der Waals surface area contributed by atoms with E-state index in [0.717, 1.165) is 55.4 Å². The van der Waals surface area contributed by atoms with E-state index in [9.17, 15) is 4.79 Å². The average Bonchev–Trinajstić information content (AvgIpc) is 3.41. The van der Waals surface area contributed by atoms with E-state index < -0.39 is 0 Å². The summed E-state index contributed by atoms with van der Waals surface area (Å²) in [5.41, 5.74) is 1.29. The van der Waals surface area contributed by atoms with Crippen LogP contribution < -0.4 is 9.64 Å². The van der Waals surface area contributed by atoms with Crippen molar-refractivity contribution in [1.82, 2.24) is 19.7 Å². The normalized spacial score (nSPS) is 14.5. The van der Waals surface area contributed by atoms with E-state index >= 15 is 0 Å². The van der Waals surface area contributed by atoms with Crippen molar-refractivity contribution in [3.63, 3.8) is 0 Å². The first kappa shape index (κ1) is 22.5. The van der Waals surface area contributed by atoms with Gasteiger partial charge in [-0.05, 0) is 31.2 Å². The molecule has 1 aliphatic rings. The van der Waals surface area contributed by atoms with Gasteiger partial charge in [-0.2, -0.15) is 5.10 Å². The lowest BCUT2D eigenvalue weighted by molar-refractivity contribution is 0.0391. The number of methoxy groups -OCH3 is 1. The molecule has 0 radical (unpaired) electrons. The number of halogens is 1. The molecule has 0 unspecified atom stereocenters. The van der Waals surface area contributed by atoms with E-state index in [4.69, 9.17) is 14.5 Å². The van der Waals surface area contributed by atoms with Crippen molar-refractivity contribution in [3.05, 3.63) is 36.2 Å². The van der Waals surface area contributed by atoms with Gasteiger partial charge in [0.2, 0.25) is 0 Å². The Morgan fingerprint density at radius 3 is 2.80 bits per heavy atom. The third-order valence-electron chi connectivity index (χ3n) is 4.99. The molecule has 0 bridgehead atoms. The number of carbonyl (C=O) groups excluding carboxylic acids is 1. The lowest BCUT2D eigenvalue weighted by Crippen LogP contribution is -2.43. The molecule has 1 aromatic carbocycles. The van der Waals surface area contributed by atoms with Gasteiger partial charge < -0.3 is 9.47 Å². The van der Waals surface area contributed by atoms with Gasteiger partial charge in [-0.1, -0.05) is 11.3 Å². The van der Waals surface area contributed by atoms with E-state index in [-0.39, 0.29) is 18.3 Å². The first-order valence-electron chi connectivity index (χ1n) is 9.78. The zero-order valence-corrected chi connectivity index (χ0v) is 18.7. The molecule has 162 valence electrons. The molecule has 1 saturated heterocycles. The standard InChI is InChI=1S/C20H25N5O3S.ClH/c1-3-24-7-6-17(22-24)19(26)25(9-8-23-10-12-28-13-11-23)20-21-16-5-4-15(27-2)14-18(16)29-20;/h4-7,14H,3,8-13H2,1-2H3;1H. The van der Waals surface area contributed by atoms with Crippen molar-refractivity contribution in [1.29, 1.82) is 0 Å². The molecule has 3 aromatic rings. The van der Waals surface area contributed by atoms with Crippen molar-refractivity contribution < 1.29 is 14.3 Å². The minimum Gasteiger partial charge on any atom is -0.497 e. The highest BCUT2D eigenvalue weighted by molar-refractivity contribution is 7.22. The summed E-state index contributed by atoms with van der Waals surface area (Å²) in [4.78, 5) is 22.1. The second kappa shape index (κ2) is 10.2. The van der Waals surface area contributed by atoms with Crippen LogP contribution in [0.4, 0.5) is 5.13 Å². The van der Waals surface area contributed by atoms with Gasteiger partial charge in [0.1, 0.15) is 5.75 Å². The molecule has 0 saturated carbocycles. The summed E-state index contributed by atoms with van der Waals surface area (Å²) in [6.45, 7) is 7.26. The number of amides is 1. The van der Waals surface area contributed by atoms with Crippen LogP contribution in [0.2, 0.25) is 0 Å². The first-order valence-corrected chi connectivity index (χ1v) is 10.6. The molecule has 0 aliphatic carbocycles. The maximum atomic E-state index is 13.3. The van der Waals surface area contributed by atoms with Crippen molar-refractivity contribution >= 4 is 45.0 Å². The highest BCUT2D eigenvalue weighted by Gasteiger charge is 2.24. The van der Waals surface area contributed by atoms with Crippen LogP contribution >= 0.6 is 23.7 Å². The lowest BCUT2D eigenvalue weighted by atomic mass is 10.3. The fourth-order valence-corrected chi connectivity index (χ4v) is 4.29. The predicted molar refractivity (Wildman–Crippen MR) is 120 cm³/mol. The Balaban J connectivity index is 0.00000256. The van der Waals surface area contributed by atoms with E-state index in [0.29, 0.717) is 17.4 Å². The molecule has 0 spiro atoms. The zero-order valence-electron chi connectivity index (χ0n) is 17.1. The summed E-state index contributed by atoms with van der Waals surface area (Å²) < 4.78 is 13.5. The molecular weight excluding hydrogens is 426 g/mol. The molecule has 8 nitrogen and oxygen atoms in total. The Kier molecular flexibility index (Phi) is 7.65. The van der Waals surface area contributed by atoms with Crippen LogP contribution in [-0.4, -0.2) is 72.1 Å². The minimum atomic E-state index is -0.128. The maximum Gasteiger partial charge on any atom is 0.280 e. The molecule has 4 rings (SSSR count). The number of ether oxygens (including phenoxy) is 2. The molecular formula is C20H26ClN5O3S. The van der Waals surface area contributed by atoms with Crippen LogP contribution in [0.1, 0.15) is 17.4 Å². The van der Waals surface area contributed by atoms with Crippen molar-refractivity contribution in [2.75, 3.05) is 51.4 Å². The van der Waals surface area contributed by atoms with Gasteiger partial charge in [0, 0.05) is 38.9 Å². The Bertz CT molecular complexity index is 986. The number of benzene rings is 1. The van der Waals surface area contributed by atoms with Gasteiger partial charge in [0.05, 0.1) is 30.5 Å². The summed E-state index contributed by atoms with van der Waals surface area (Å²) in [6, 6.07) is 7.52. The third-order valence-corrected chi connectivity index (χ3v) is 6.03. The maximum absolute atomic E-state index is 13.3. The molecule has 10 heteroatoms. The number of aryl methyl sites for hydroxylation is 1. The fourth-order valence-electron chi connectivity index (χ4n) is 3.28.